The van der Waals surface area contributed by atoms with Crippen molar-refractivity contribution >= 4 is 34.5 Å². The van der Waals surface area contributed by atoms with Crippen LogP contribution in [0.4, 0.5) is 0 Å². The van der Waals surface area contributed by atoms with Crippen molar-refractivity contribution in [3.8, 4) is 0 Å². The molecule has 0 N–H and O–H groups in total. The van der Waals surface area contributed by atoms with Crippen molar-refractivity contribution in [2.24, 2.45) is 0 Å². The van der Waals surface area contributed by atoms with Crippen LogP contribution in [0.5, 0.6) is 0 Å². The molecule has 2 rings (SSSR count). The van der Waals surface area contributed by atoms with Crippen LogP contribution in [0.1, 0.15) is 10.6 Å². The third-order valence-electron chi connectivity index (χ3n) is 1.69. The SMILES string of the molecule is Clc1cccc(Cc2nnc(Cl)s2)c1. The maximum atomic E-state index is 5.86. The second-order valence-electron chi connectivity index (χ2n) is 2.76. The molecule has 14 heavy (non-hydrogen) atoms. The minimum absolute atomic E-state index is 0.474. The van der Waals surface area contributed by atoms with Crippen molar-refractivity contribution in [2.75, 3.05) is 0 Å². The molecule has 0 bridgehead atoms. The number of benzene rings is 1. The smallest absolute Gasteiger partial charge is 0.142 e. The molecule has 0 aliphatic heterocycles. The van der Waals surface area contributed by atoms with Gasteiger partial charge in [-0.1, -0.05) is 35.1 Å². The summed E-state index contributed by atoms with van der Waals surface area (Å²) in [4.78, 5) is 0. The highest BCUT2D eigenvalue weighted by atomic mass is 35.5. The molecule has 5 heteroatoms. The summed E-state index contributed by atoms with van der Waals surface area (Å²) in [5, 5.41) is 9.31. The van der Waals surface area contributed by atoms with Crippen LogP contribution in [-0.4, -0.2) is 10.2 Å². The van der Waals surface area contributed by atoms with E-state index >= 15 is 0 Å². The molecule has 1 aromatic heterocycles. The van der Waals surface area contributed by atoms with Gasteiger partial charge in [-0.3, -0.25) is 0 Å². The average molecular weight is 245 g/mol. The lowest BCUT2D eigenvalue weighted by molar-refractivity contribution is 1.00. The zero-order chi connectivity index (χ0) is 9.97. The molecule has 0 spiro atoms. The molecule has 2 aromatic rings. The highest BCUT2D eigenvalue weighted by molar-refractivity contribution is 7.15. The Morgan fingerprint density at radius 1 is 1.21 bits per heavy atom. The topological polar surface area (TPSA) is 25.8 Å². The fourth-order valence-corrected chi connectivity index (χ4v) is 2.24. The normalized spacial score (nSPS) is 10.4. The van der Waals surface area contributed by atoms with Gasteiger partial charge in [0.1, 0.15) is 5.01 Å². The van der Waals surface area contributed by atoms with E-state index in [2.05, 4.69) is 10.2 Å². The molecule has 0 saturated carbocycles. The fourth-order valence-electron chi connectivity index (χ4n) is 1.13. The van der Waals surface area contributed by atoms with E-state index in [0.29, 0.717) is 4.47 Å². The summed E-state index contributed by atoms with van der Waals surface area (Å²) in [6.07, 6.45) is 0.727. The summed E-state index contributed by atoms with van der Waals surface area (Å²) in [5.74, 6) is 0. The Morgan fingerprint density at radius 3 is 2.71 bits per heavy atom. The number of rotatable bonds is 2. The van der Waals surface area contributed by atoms with Crippen LogP contribution in [0.15, 0.2) is 24.3 Å². The highest BCUT2D eigenvalue weighted by Gasteiger charge is 2.03. The Balaban J connectivity index is 2.18. The van der Waals surface area contributed by atoms with E-state index < -0.39 is 0 Å². The van der Waals surface area contributed by atoms with Gasteiger partial charge < -0.3 is 0 Å². The van der Waals surface area contributed by atoms with Crippen molar-refractivity contribution in [1.29, 1.82) is 0 Å². The molecule has 1 heterocycles. The van der Waals surface area contributed by atoms with Crippen molar-refractivity contribution in [1.82, 2.24) is 10.2 Å². The number of halogens is 2. The predicted molar refractivity (Wildman–Crippen MR) is 59.2 cm³/mol. The van der Waals surface area contributed by atoms with E-state index in [-0.39, 0.29) is 0 Å². The molecule has 0 radical (unpaired) electrons. The van der Waals surface area contributed by atoms with E-state index in [1.54, 1.807) is 0 Å². The second kappa shape index (κ2) is 4.26. The molecule has 0 unspecified atom stereocenters. The van der Waals surface area contributed by atoms with E-state index in [1.807, 2.05) is 24.3 Å². The number of hydrogen-bond acceptors (Lipinski definition) is 3. The Kier molecular flexibility index (Phi) is 3.01. The first-order chi connectivity index (χ1) is 6.74. The average Bonchev–Trinajstić information content (AvgIpc) is 2.51. The molecule has 0 aliphatic rings. The number of aromatic nitrogens is 2. The lowest BCUT2D eigenvalue weighted by Crippen LogP contribution is -1.86. The lowest BCUT2D eigenvalue weighted by Gasteiger charge is -1.96. The van der Waals surface area contributed by atoms with Crippen molar-refractivity contribution < 1.29 is 0 Å². The number of nitrogens with zero attached hydrogens (tertiary/aromatic N) is 2. The van der Waals surface area contributed by atoms with Gasteiger partial charge >= 0.3 is 0 Å². The Labute approximate surface area is 95.5 Å². The van der Waals surface area contributed by atoms with Crippen LogP contribution < -0.4 is 0 Å². The van der Waals surface area contributed by atoms with Crippen LogP contribution in [0.2, 0.25) is 9.49 Å². The van der Waals surface area contributed by atoms with Crippen LogP contribution in [-0.2, 0) is 6.42 Å². The maximum Gasteiger partial charge on any atom is 0.207 e. The quantitative estimate of drug-likeness (QED) is 0.809. The minimum atomic E-state index is 0.474. The van der Waals surface area contributed by atoms with Gasteiger partial charge in [-0.15, -0.1) is 10.2 Å². The van der Waals surface area contributed by atoms with Gasteiger partial charge in [0.05, 0.1) is 0 Å². The fraction of sp³-hybridized carbons (Fsp3) is 0.111. The van der Waals surface area contributed by atoms with E-state index in [0.717, 1.165) is 22.0 Å². The van der Waals surface area contributed by atoms with Crippen LogP contribution in [0.25, 0.3) is 0 Å². The molecular formula is C9H6Cl2N2S. The standard InChI is InChI=1S/C9H6Cl2N2S/c10-7-3-1-2-6(4-7)5-8-12-13-9(11)14-8/h1-4H,5H2. The minimum Gasteiger partial charge on any atom is -0.142 e. The monoisotopic (exact) mass is 244 g/mol. The first-order valence-electron chi connectivity index (χ1n) is 3.96. The van der Waals surface area contributed by atoms with Crippen LogP contribution >= 0.6 is 34.5 Å². The Hall–Kier alpha value is -0.640. The van der Waals surface area contributed by atoms with Gasteiger partial charge in [0.25, 0.3) is 0 Å². The summed E-state index contributed by atoms with van der Waals surface area (Å²) in [5.41, 5.74) is 1.12. The molecule has 1 aromatic carbocycles. The molecule has 0 aliphatic carbocycles. The van der Waals surface area contributed by atoms with Crippen molar-refractivity contribution in [3.63, 3.8) is 0 Å². The molecule has 0 fully saturated rings. The van der Waals surface area contributed by atoms with Crippen LogP contribution in [0.3, 0.4) is 0 Å². The van der Waals surface area contributed by atoms with Gasteiger partial charge in [0.15, 0.2) is 0 Å². The summed E-state index contributed by atoms with van der Waals surface area (Å²) < 4.78 is 0.474. The summed E-state index contributed by atoms with van der Waals surface area (Å²) in [7, 11) is 0. The molecular weight excluding hydrogens is 239 g/mol. The predicted octanol–water partition coefficient (Wildman–Crippen LogP) is 3.44. The zero-order valence-electron chi connectivity index (χ0n) is 7.08. The van der Waals surface area contributed by atoms with Gasteiger partial charge in [-0.2, -0.15) is 0 Å². The summed E-state index contributed by atoms with van der Waals surface area (Å²) in [6, 6.07) is 7.68. The van der Waals surface area contributed by atoms with E-state index in [1.165, 1.54) is 11.3 Å². The molecule has 72 valence electrons. The highest BCUT2D eigenvalue weighted by Crippen LogP contribution is 2.19. The van der Waals surface area contributed by atoms with Crippen molar-refractivity contribution in [2.45, 2.75) is 6.42 Å². The maximum absolute atomic E-state index is 5.86. The molecule has 0 amide bonds. The molecule has 0 atom stereocenters. The third-order valence-corrected chi connectivity index (χ3v) is 2.94. The largest absolute Gasteiger partial charge is 0.207 e. The number of hydrogen-bond donors (Lipinski definition) is 0. The van der Waals surface area contributed by atoms with Crippen LogP contribution in [0, 0.1) is 0 Å². The Bertz CT molecular complexity index is 442. The molecule has 2 nitrogen and oxygen atoms in total. The first-order valence-corrected chi connectivity index (χ1v) is 5.53. The van der Waals surface area contributed by atoms with Gasteiger partial charge in [0, 0.05) is 11.4 Å². The van der Waals surface area contributed by atoms with E-state index in [9.17, 15) is 0 Å². The first kappa shape index (κ1) is 9.90. The molecule has 0 saturated heterocycles. The second-order valence-corrected chi connectivity index (χ2v) is 4.84. The van der Waals surface area contributed by atoms with Gasteiger partial charge in [-0.05, 0) is 29.3 Å². The van der Waals surface area contributed by atoms with Crippen molar-refractivity contribution in [3.05, 3.63) is 44.3 Å². The van der Waals surface area contributed by atoms with Gasteiger partial charge in [-0.25, -0.2) is 0 Å². The summed E-state index contributed by atoms with van der Waals surface area (Å²) >= 11 is 12.9. The Morgan fingerprint density at radius 2 is 2.07 bits per heavy atom. The lowest BCUT2D eigenvalue weighted by atomic mass is 10.2. The van der Waals surface area contributed by atoms with E-state index in [4.69, 9.17) is 23.2 Å². The van der Waals surface area contributed by atoms with Gasteiger partial charge in [0.2, 0.25) is 4.47 Å². The zero-order valence-corrected chi connectivity index (χ0v) is 9.40. The third kappa shape index (κ3) is 2.44. The summed E-state index contributed by atoms with van der Waals surface area (Å²) in [6.45, 7) is 0.